The molecule has 0 aliphatic carbocycles. The maximum atomic E-state index is 5.38. The number of imidazole rings is 1. The van der Waals surface area contributed by atoms with Crippen molar-refractivity contribution >= 4 is 16.7 Å². The van der Waals surface area contributed by atoms with Crippen molar-refractivity contribution in [1.82, 2.24) is 9.97 Å². The van der Waals surface area contributed by atoms with Crippen LogP contribution in [-0.4, -0.2) is 30.7 Å². The van der Waals surface area contributed by atoms with Crippen molar-refractivity contribution in [2.75, 3.05) is 25.7 Å². The van der Waals surface area contributed by atoms with Crippen LogP contribution in [0.3, 0.4) is 0 Å². The number of ether oxygens (including phenoxy) is 2. The summed E-state index contributed by atoms with van der Waals surface area (Å²) in [6, 6.07) is 22.8. The number of nitrogens with zero attached hydrogens (tertiary/aromatic N) is 2. The minimum atomic E-state index is 0.674. The number of H-pyrrole nitrogens is 1. The molecular weight excluding hydrogens is 362 g/mol. The van der Waals surface area contributed by atoms with Gasteiger partial charge in [0.15, 0.2) is 11.5 Å². The van der Waals surface area contributed by atoms with Gasteiger partial charge in [-0.05, 0) is 36.8 Å². The van der Waals surface area contributed by atoms with E-state index in [9.17, 15) is 0 Å². The molecule has 148 valence electrons. The SMILES string of the molecule is CCN(Cc1ccccc1)c1ccc(-c2nc3cc(OC)c(OC)cc3[nH]2)cc1. The van der Waals surface area contributed by atoms with Crippen LogP contribution in [0.4, 0.5) is 5.69 Å². The van der Waals surface area contributed by atoms with Crippen LogP contribution in [0.2, 0.25) is 0 Å². The molecule has 0 spiro atoms. The summed E-state index contributed by atoms with van der Waals surface area (Å²) in [7, 11) is 3.26. The van der Waals surface area contributed by atoms with Crippen molar-refractivity contribution in [2.24, 2.45) is 0 Å². The van der Waals surface area contributed by atoms with Crippen molar-refractivity contribution in [3.05, 3.63) is 72.3 Å². The number of aromatic nitrogens is 2. The van der Waals surface area contributed by atoms with E-state index in [4.69, 9.17) is 14.5 Å². The average Bonchev–Trinajstić information content (AvgIpc) is 3.20. The first-order valence-electron chi connectivity index (χ1n) is 9.73. The Kier molecular flexibility index (Phi) is 5.38. The van der Waals surface area contributed by atoms with Crippen molar-refractivity contribution < 1.29 is 9.47 Å². The van der Waals surface area contributed by atoms with Gasteiger partial charge in [0.25, 0.3) is 0 Å². The third-order valence-electron chi connectivity index (χ3n) is 5.09. The van der Waals surface area contributed by atoms with Gasteiger partial charge in [-0.15, -0.1) is 0 Å². The highest BCUT2D eigenvalue weighted by atomic mass is 16.5. The molecule has 0 atom stereocenters. The lowest BCUT2D eigenvalue weighted by atomic mass is 10.1. The smallest absolute Gasteiger partial charge is 0.163 e. The average molecular weight is 387 g/mol. The van der Waals surface area contributed by atoms with Gasteiger partial charge in [-0.2, -0.15) is 0 Å². The van der Waals surface area contributed by atoms with Crippen LogP contribution in [0.25, 0.3) is 22.4 Å². The summed E-state index contributed by atoms with van der Waals surface area (Å²) in [6.45, 7) is 4.01. The second-order valence-corrected chi connectivity index (χ2v) is 6.86. The van der Waals surface area contributed by atoms with Gasteiger partial charge in [-0.3, -0.25) is 0 Å². The molecule has 0 bridgehead atoms. The predicted octanol–water partition coefficient (Wildman–Crippen LogP) is 5.27. The van der Waals surface area contributed by atoms with E-state index in [1.807, 2.05) is 18.2 Å². The highest BCUT2D eigenvalue weighted by molar-refractivity contribution is 5.83. The fourth-order valence-electron chi connectivity index (χ4n) is 3.49. The first kappa shape index (κ1) is 18.9. The molecular formula is C24H25N3O2. The van der Waals surface area contributed by atoms with Gasteiger partial charge < -0.3 is 19.4 Å². The number of rotatable bonds is 7. The number of anilines is 1. The summed E-state index contributed by atoms with van der Waals surface area (Å²) < 4.78 is 10.8. The van der Waals surface area contributed by atoms with Crippen LogP contribution >= 0.6 is 0 Å². The highest BCUT2D eigenvalue weighted by Gasteiger charge is 2.12. The molecule has 4 rings (SSSR count). The zero-order chi connectivity index (χ0) is 20.2. The van der Waals surface area contributed by atoms with Crippen molar-refractivity contribution in [3.63, 3.8) is 0 Å². The topological polar surface area (TPSA) is 50.4 Å². The maximum Gasteiger partial charge on any atom is 0.163 e. The van der Waals surface area contributed by atoms with Gasteiger partial charge in [-0.25, -0.2) is 4.98 Å². The zero-order valence-electron chi connectivity index (χ0n) is 17.0. The fraction of sp³-hybridized carbons (Fsp3) is 0.208. The number of hydrogen-bond donors (Lipinski definition) is 1. The Hall–Kier alpha value is -3.47. The van der Waals surface area contributed by atoms with Crippen LogP contribution < -0.4 is 14.4 Å². The van der Waals surface area contributed by atoms with Crippen LogP contribution in [-0.2, 0) is 6.54 Å². The summed E-state index contributed by atoms with van der Waals surface area (Å²) in [4.78, 5) is 10.5. The minimum absolute atomic E-state index is 0.674. The summed E-state index contributed by atoms with van der Waals surface area (Å²) in [5.74, 6) is 2.19. The standard InChI is InChI=1S/C24H25N3O2/c1-4-27(16-17-8-6-5-7-9-17)19-12-10-18(11-13-19)24-25-20-14-22(28-2)23(29-3)15-21(20)26-24/h5-15H,4,16H2,1-3H3,(H,25,26). The van der Waals surface area contributed by atoms with Gasteiger partial charge >= 0.3 is 0 Å². The molecule has 0 radical (unpaired) electrons. The van der Waals surface area contributed by atoms with Gasteiger partial charge in [0.1, 0.15) is 5.82 Å². The van der Waals surface area contributed by atoms with Gasteiger partial charge in [0.2, 0.25) is 0 Å². The molecule has 1 N–H and O–H groups in total. The summed E-state index contributed by atoms with van der Waals surface area (Å²) in [6.07, 6.45) is 0. The molecule has 0 aliphatic heterocycles. The molecule has 4 aromatic rings. The lowest BCUT2D eigenvalue weighted by molar-refractivity contribution is 0.356. The lowest BCUT2D eigenvalue weighted by Gasteiger charge is -2.23. The maximum absolute atomic E-state index is 5.38. The fourth-order valence-corrected chi connectivity index (χ4v) is 3.49. The normalized spacial score (nSPS) is 10.9. The zero-order valence-corrected chi connectivity index (χ0v) is 17.0. The molecule has 1 heterocycles. The monoisotopic (exact) mass is 387 g/mol. The van der Waals surface area contributed by atoms with E-state index in [0.29, 0.717) is 11.5 Å². The Morgan fingerprint density at radius 3 is 2.24 bits per heavy atom. The Bertz CT molecular complexity index is 1050. The third-order valence-corrected chi connectivity index (χ3v) is 5.09. The third kappa shape index (κ3) is 3.90. The lowest BCUT2D eigenvalue weighted by Crippen LogP contribution is -2.21. The number of hydrogen-bond acceptors (Lipinski definition) is 4. The first-order valence-corrected chi connectivity index (χ1v) is 9.73. The molecule has 0 saturated heterocycles. The van der Waals surface area contributed by atoms with Crippen molar-refractivity contribution in [2.45, 2.75) is 13.5 Å². The molecule has 0 fully saturated rings. The highest BCUT2D eigenvalue weighted by Crippen LogP contribution is 2.32. The van der Waals surface area contributed by atoms with Crippen LogP contribution in [0.1, 0.15) is 12.5 Å². The number of aromatic amines is 1. The van der Waals surface area contributed by atoms with Crippen LogP contribution in [0.5, 0.6) is 11.5 Å². The molecule has 29 heavy (non-hydrogen) atoms. The molecule has 0 saturated carbocycles. The van der Waals surface area contributed by atoms with Crippen LogP contribution in [0.15, 0.2) is 66.7 Å². The Labute approximate surface area is 170 Å². The predicted molar refractivity (Wildman–Crippen MR) is 118 cm³/mol. The van der Waals surface area contributed by atoms with E-state index in [1.54, 1.807) is 14.2 Å². The number of fused-ring (bicyclic) bond motifs is 1. The number of methoxy groups -OCH3 is 2. The van der Waals surface area contributed by atoms with Crippen molar-refractivity contribution in [1.29, 1.82) is 0 Å². The molecule has 0 aliphatic rings. The number of nitrogens with one attached hydrogen (secondary N) is 1. The van der Waals surface area contributed by atoms with Gasteiger partial charge in [0.05, 0.1) is 25.3 Å². The summed E-state index contributed by atoms with van der Waals surface area (Å²) in [5.41, 5.74) is 5.30. The minimum Gasteiger partial charge on any atom is -0.493 e. The first-order chi connectivity index (χ1) is 14.2. The quantitative estimate of drug-likeness (QED) is 0.469. The van der Waals surface area contributed by atoms with E-state index >= 15 is 0 Å². The molecule has 5 heteroatoms. The molecule has 0 unspecified atom stereocenters. The van der Waals surface area contributed by atoms with E-state index < -0.39 is 0 Å². The largest absolute Gasteiger partial charge is 0.493 e. The molecule has 0 amide bonds. The second-order valence-electron chi connectivity index (χ2n) is 6.86. The van der Waals surface area contributed by atoms with Gasteiger partial charge in [-0.1, -0.05) is 30.3 Å². The Morgan fingerprint density at radius 1 is 0.897 bits per heavy atom. The van der Waals surface area contributed by atoms with E-state index in [1.165, 1.54) is 11.3 Å². The van der Waals surface area contributed by atoms with Crippen molar-refractivity contribution in [3.8, 4) is 22.9 Å². The van der Waals surface area contributed by atoms with Crippen LogP contribution in [0, 0.1) is 0 Å². The Morgan fingerprint density at radius 2 is 1.59 bits per heavy atom. The van der Waals surface area contributed by atoms with E-state index in [-0.39, 0.29) is 0 Å². The molecule has 5 nitrogen and oxygen atoms in total. The summed E-state index contributed by atoms with van der Waals surface area (Å²) in [5, 5.41) is 0. The van der Waals surface area contributed by atoms with E-state index in [2.05, 4.69) is 65.3 Å². The molecule has 1 aromatic heterocycles. The Balaban J connectivity index is 1.60. The number of benzene rings is 3. The second kappa shape index (κ2) is 8.27. The molecule has 3 aromatic carbocycles. The van der Waals surface area contributed by atoms with E-state index in [0.717, 1.165) is 35.5 Å². The summed E-state index contributed by atoms with van der Waals surface area (Å²) >= 11 is 0. The van der Waals surface area contributed by atoms with Gasteiger partial charge in [0, 0.05) is 36.5 Å².